The van der Waals surface area contributed by atoms with Gasteiger partial charge in [0.05, 0.1) is 11.4 Å². The van der Waals surface area contributed by atoms with Crippen molar-refractivity contribution in [2.45, 2.75) is 37.5 Å². The summed E-state index contributed by atoms with van der Waals surface area (Å²) < 4.78 is 28.5. The van der Waals surface area contributed by atoms with Gasteiger partial charge in [0.25, 0.3) is 0 Å². The van der Waals surface area contributed by atoms with Crippen molar-refractivity contribution in [1.29, 1.82) is 0 Å². The molecule has 0 aromatic heterocycles. The van der Waals surface area contributed by atoms with Crippen LogP contribution in [0.15, 0.2) is 34.2 Å². The predicted molar refractivity (Wildman–Crippen MR) is 116 cm³/mol. The molecule has 0 bridgehead atoms. The van der Waals surface area contributed by atoms with E-state index in [0.717, 1.165) is 12.5 Å². The summed E-state index contributed by atoms with van der Waals surface area (Å²) in [7, 11) is -1.41. The van der Waals surface area contributed by atoms with Crippen molar-refractivity contribution < 1.29 is 13.2 Å². The number of nitrogens with one attached hydrogen (secondary N) is 2. The van der Waals surface area contributed by atoms with Crippen LogP contribution in [0.5, 0.6) is 5.75 Å². The zero-order valence-corrected chi connectivity index (χ0v) is 18.9. The minimum Gasteiger partial charge on any atom is -0.492 e. The molecule has 8 heteroatoms. The Bertz CT molecular complexity index is 681. The van der Waals surface area contributed by atoms with Gasteiger partial charge >= 0.3 is 0 Å². The van der Waals surface area contributed by atoms with Gasteiger partial charge in [-0.25, -0.2) is 8.42 Å². The highest BCUT2D eigenvalue weighted by atomic mass is 127. The summed E-state index contributed by atoms with van der Waals surface area (Å²) in [5.74, 6) is 1.44. The monoisotopic (exact) mass is 495 g/mol. The van der Waals surface area contributed by atoms with E-state index in [1.165, 1.54) is 31.9 Å². The molecular weight excluding hydrogens is 465 g/mol. The van der Waals surface area contributed by atoms with Crippen LogP contribution in [0.4, 0.5) is 0 Å². The van der Waals surface area contributed by atoms with E-state index >= 15 is 0 Å². The van der Waals surface area contributed by atoms with Crippen molar-refractivity contribution in [3.05, 3.63) is 24.3 Å². The van der Waals surface area contributed by atoms with E-state index < -0.39 is 9.84 Å². The molecule has 0 atom stereocenters. The van der Waals surface area contributed by atoms with Crippen LogP contribution in [-0.2, 0) is 9.84 Å². The first-order valence-electron chi connectivity index (χ1n) is 8.76. The van der Waals surface area contributed by atoms with Gasteiger partial charge in [-0.15, -0.1) is 24.0 Å². The molecule has 0 radical (unpaired) electrons. The smallest absolute Gasteiger partial charge is 0.191 e. The van der Waals surface area contributed by atoms with Gasteiger partial charge in [-0.2, -0.15) is 0 Å². The van der Waals surface area contributed by atoms with Crippen molar-refractivity contribution in [3.63, 3.8) is 0 Å². The molecule has 1 aliphatic rings. The fourth-order valence-corrected chi connectivity index (χ4v) is 3.58. The van der Waals surface area contributed by atoms with E-state index in [4.69, 9.17) is 4.74 Å². The molecule has 1 aromatic carbocycles. The van der Waals surface area contributed by atoms with Crippen molar-refractivity contribution in [2.24, 2.45) is 10.4 Å². The largest absolute Gasteiger partial charge is 0.492 e. The zero-order chi connectivity index (χ0) is 18.3. The van der Waals surface area contributed by atoms with Gasteiger partial charge in [-0.3, -0.25) is 4.99 Å². The van der Waals surface area contributed by atoms with Gasteiger partial charge in [0.2, 0.25) is 0 Å². The second kappa shape index (κ2) is 10.3. The maximum Gasteiger partial charge on any atom is 0.191 e. The van der Waals surface area contributed by atoms with Crippen LogP contribution in [0, 0.1) is 5.41 Å². The molecular formula is C18H30IN3O3S. The molecule has 1 saturated carbocycles. The molecule has 1 fully saturated rings. The highest BCUT2D eigenvalue weighted by Crippen LogP contribution is 2.42. The third-order valence-corrected chi connectivity index (χ3v) is 6.06. The first-order valence-corrected chi connectivity index (χ1v) is 10.7. The lowest BCUT2D eigenvalue weighted by Gasteiger charge is -2.41. The van der Waals surface area contributed by atoms with Crippen molar-refractivity contribution in [3.8, 4) is 5.75 Å². The number of rotatable bonds is 8. The number of ether oxygens (including phenoxy) is 1. The average molecular weight is 495 g/mol. The molecule has 6 nitrogen and oxygen atoms in total. The molecule has 1 aromatic rings. The van der Waals surface area contributed by atoms with Gasteiger partial charge in [-0.05, 0) is 48.9 Å². The van der Waals surface area contributed by atoms with Crippen LogP contribution >= 0.6 is 24.0 Å². The average Bonchev–Trinajstić information content (AvgIpc) is 2.55. The summed E-state index contributed by atoms with van der Waals surface area (Å²) >= 11 is 0. The number of nitrogens with zero attached hydrogens (tertiary/aromatic N) is 1. The Kier molecular flexibility index (Phi) is 9.15. The van der Waals surface area contributed by atoms with Crippen LogP contribution < -0.4 is 15.4 Å². The Balaban J connectivity index is 0.00000338. The second-order valence-electron chi connectivity index (χ2n) is 6.65. The Morgan fingerprint density at radius 2 is 1.88 bits per heavy atom. The first-order chi connectivity index (χ1) is 11.9. The molecule has 0 amide bonds. The summed E-state index contributed by atoms with van der Waals surface area (Å²) in [6.45, 7) is 4.29. The number of hydrogen-bond acceptors (Lipinski definition) is 4. The number of guanidine groups is 1. The lowest BCUT2D eigenvalue weighted by Crippen LogP contribution is -2.46. The quantitative estimate of drug-likeness (QED) is 0.251. The van der Waals surface area contributed by atoms with Crippen LogP contribution in [0.2, 0.25) is 0 Å². The summed E-state index contributed by atoms with van der Waals surface area (Å²) in [6, 6.07) is 6.46. The number of aliphatic imine (C=N–C) groups is 1. The van der Waals surface area contributed by atoms with Crippen LogP contribution in [-0.4, -0.2) is 47.4 Å². The first kappa shape index (κ1) is 23.0. The van der Waals surface area contributed by atoms with Crippen LogP contribution in [0.1, 0.15) is 32.6 Å². The van der Waals surface area contributed by atoms with Gasteiger partial charge in [0.15, 0.2) is 15.8 Å². The molecule has 0 aliphatic heterocycles. The minimum atomic E-state index is -3.17. The Labute approximate surface area is 174 Å². The van der Waals surface area contributed by atoms with E-state index in [2.05, 4.69) is 22.5 Å². The number of halogens is 1. The van der Waals surface area contributed by atoms with Gasteiger partial charge < -0.3 is 15.4 Å². The van der Waals surface area contributed by atoms with E-state index in [1.54, 1.807) is 31.3 Å². The predicted octanol–water partition coefficient (Wildman–Crippen LogP) is 2.83. The number of sulfone groups is 1. The summed E-state index contributed by atoms with van der Waals surface area (Å²) in [5.41, 5.74) is 0.440. The maximum atomic E-state index is 11.4. The van der Waals surface area contributed by atoms with Gasteiger partial charge in [-0.1, -0.05) is 13.3 Å². The van der Waals surface area contributed by atoms with E-state index in [1.807, 2.05) is 0 Å². The highest BCUT2D eigenvalue weighted by molar-refractivity contribution is 14.0. The molecule has 0 spiro atoms. The fraction of sp³-hybridized carbons (Fsp3) is 0.611. The van der Waals surface area contributed by atoms with Gasteiger partial charge in [0, 0.05) is 19.8 Å². The number of hydrogen-bond donors (Lipinski definition) is 2. The Morgan fingerprint density at radius 3 is 2.35 bits per heavy atom. The second-order valence-corrected chi connectivity index (χ2v) is 8.67. The van der Waals surface area contributed by atoms with Crippen LogP contribution in [0.3, 0.4) is 0 Å². The molecule has 2 rings (SSSR count). The molecule has 2 N–H and O–H groups in total. The van der Waals surface area contributed by atoms with E-state index in [0.29, 0.717) is 29.2 Å². The Morgan fingerprint density at radius 1 is 1.23 bits per heavy atom. The SMILES string of the molecule is CCC1(CNC(=NC)NCCOc2ccc(S(C)(=O)=O)cc2)CCC1.I. The van der Waals surface area contributed by atoms with Crippen LogP contribution in [0.25, 0.3) is 0 Å². The zero-order valence-electron chi connectivity index (χ0n) is 15.7. The number of benzene rings is 1. The normalized spacial score (nSPS) is 16.2. The van der Waals surface area contributed by atoms with Crippen molar-refractivity contribution in [1.82, 2.24) is 10.6 Å². The lowest BCUT2D eigenvalue weighted by molar-refractivity contribution is 0.131. The molecule has 148 valence electrons. The van der Waals surface area contributed by atoms with E-state index in [9.17, 15) is 8.42 Å². The molecule has 1 aliphatic carbocycles. The third kappa shape index (κ3) is 6.61. The minimum absolute atomic E-state index is 0. The summed E-state index contributed by atoms with van der Waals surface area (Å²) in [5, 5.41) is 6.64. The lowest BCUT2D eigenvalue weighted by atomic mass is 9.67. The molecule has 0 unspecified atom stereocenters. The third-order valence-electron chi connectivity index (χ3n) is 4.93. The summed E-state index contributed by atoms with van der Waals surface area (Å²) in [6.07, 6.45) is 6.30. The molecule has 0 saturated heterocycles. The molecule has 0 heterocycles. The van der Waals surface area contributed by atoms with E-state index in [-0.39, 0.29) is 24.0 Å². The van der Waals surface area contributed by atoms with Crippen molar-refractivity contribution >= 4 is 39.8 Å². The summed E-state index contributed by atoms with van der Waals surface area (Å²) in [4.78, 5) is 4.53. The standard InChI is InChI=1S/C18H29N3O3S.HI/c1-4-18(10-5-11-18)14-21-17(19-2)20-12-13-24-15-6-8-16(9-7-15)25(3,22)23;/h6-9H,4-5,10-14H2,1-3H3,(H2,19,20,21);1H. The van der Waals surface area contributed by atoms with Gasteiger partial charge in [0.1, 0.15) is 12.4 Å². The fourth-order valence-electron chi connectivity index (χ4n) is 2.95. The topological polar surface area (TPSA) is 79.8 Å². The highest BCUT2D eigenvalue weighted by Gasteiger charge is 2.34. The maximum absolute atomic E-state index is 11.4. The Hall–Kier alpha value is -1.03. The molecule has 26 heavy (non-hydrogen) atoms. The van der Waals surface area contributed by atoms with Crippen molar-refractivity contribution in [2.75, 3.05) is 33.0 Å².